The summed E-state index contributed by atoms with van der Waals surface area (Å²) in [7, 11) is 0. The molecule has 204 valence electrons. The van der Waals surface area contributed by atoms with Crippen LogP contribution in [-0.2, 0) is 19.8 Å². The van der Waals surface area contributed by atoms with E-state index in [1.807, 2.05) is 29.2 Å². The number of benzene rings is 1. The maximum absolute atomic E-state index is 13.5. The lowest BCUT2D eigenvalue weighted by molar-refractivity contribution is -0.192. The number of nitrogens with one attached hydrogen (secondary N) is 1. The van der Waals surface area contributed by atoms with Gasteiger partial charge in [0.25, 0.3) is 0 Å². The van der Waals surface area contributed by atoms with Gasteiger partial charge in [0.05, 0.1) is 11.3 Å². The predicted octanol–water partition coefficient (Wildman–Crippen LogP) is 3.70. The minimum absolute atomic E-state index is 0.118. The molecule has 4 fully saturated rings. The molecular formula is C26H33ClF3N3O4. The number of carbonyl (C=O) groups is 3. The highest BCUT2D eigenvalue weighted by atomic mass is 35.5. The Kier molecular flexibility index (Phi) is 7.56. The average Bonchev–Trinajstić information content (AvgIpc) is 3.46. The number of rotatable bonds is 4. The molecule has 0 aromatic heterocycles. The average molecular weight is 544 g/mol. The lowest BCUT2D eigenvalue weighted by atomic mass is 9.75. The van der Waals surface area contributed by atoms with Crippen molar-refractivity contribution in [3.05, 3.63) is 34.9 Å². The molecule has 0 unspecified atom stereocenters. The molecule has 2 atom stereocenters. The number of likely N-dealkylation sites (tertiary alicyclic amines) is 2. The zero-order chi connectivity index (χ0) is 27.2. The fraction of sp³-hybridized carbons (Fsp3) is 0.654. The third-order valence-electron chi connectivity index (χ3n) is 8.16. The first kappa shape index (κ1) is 27.7. The lowest BCUT2D eigenvalue weighted by Gasteiger charge is -2.43. The Balaban J connectivity index is 0.000000405. The van der Waals surface area contributed by atoms with Crippen LogP contribution in [0.4, 0.5) is 13.2 Å². The van der Waals surface area contributed by atoms with Crippen molar-refractivity contribution in [2.24, 2.45) is 17.8 Å². The minimum Gasteiger partial charge on any atom is -0.475 e. The Morgan fingerprint density at radius 2 is 1.78 bits per heavy atom. The van der Waals surface area contributed by atoms with Gasteiger partial charge in [0.1, 0.15) is 0 Å². The summed E-state index contributed by atoms with van der Waals surface area (Å²) in [4.78, 5) is 39.6. The van der Waals surface area contributed by atoms with Gasteiger partial charge < -0.3 is 20.2 Å². The van der Waals surface area contributed by atoms with Gasteiger partial charge in [-0.1, -0.05) is 37.6 Å². The van der Waals surface area contributed by atoms with Gasteiger partial charge in [0, 0.05) is 49.2 Å². The van der Waals surface area contributed by atoms with Crippen LogP contribution >= 0.6 is 11.6 Å². The quantitative estimate of drug-likeness (QED) is 0.604. The zero-order valence-corrected chi connectivity index (χ0v) is 21.7. The maximum atomic E-state index is 13.5. The summed E-state index contributed by atoms with van der Waals surface area (Å²) < 4.78 is 31.7. The van der Waals surface area contributed by atoms with E-state index in [-0.39, 0.29) is 28.7 Å². The van der Waals surface area contributed by atoms with Crippen molar-refractivity contribution in [3.63, 3.8) is 0 Å². The number of nitrogens with zero attached hydrogens (tertiary/aromatic N) is 2. The van der Waals surface area contributed by atoms with Crippen LogP contribution < -0.4 is 5.32 Å². The van der Waals surface area contributed by atoms with E-state index in [2.05, 4.69) is 24.1 Å². The molecule has 3 heterocycles. The lowest BCUT2D eigenvalue weighted by Crippen LogP contribution is -2.57. The summed E-state index contributed by atoms with van der Waals surface area (Å²) in [6, 6.07) is 7.78. The summed E-state index contributed by atoms with van der Waals surface area (Å²) in [5, 5.41) is 11.2. The third kappa shape index (κ3) is 5.60. The molecular weight excluding hydrogens is 511 g/mol. The van der Waals surface area contributed by atoms with E-state index in [0.29, 0.717) is 16.9 Å². The molecule has 11 heteroatoms. The van der Waals surface area contributed by atoms with E-state index in [9.17, 15) is 22.8 Å². The minimum atomic E-state index is -5.08. The fourth-order valence-electron chi connectivity index (χ4n) is 6.25. The number of aliphatic carboxylic acids is 1. The van der Waals surface area contributed by atoms with Crippen molar-refractivity contribution < 1.29 is 32.7 Å². The van der Waals surface area contributed by atoms with Crippen LogP contribution in [0, 0.1) is 17.8 Å². The number of hydrogen-bond donors (Lipinski definition) is 2. The number of halogens is 4. The van der Waals surface area contributed by atoms with E-state index in [1.165, 1.54) is 0 Å². The van der Waals surface area contributed by atoms with Crippen LogP contribution in [0.3, 0.4) is 0 Å². The van der Waals surface area contributed by atoms with E-state index in [0.717, 1.165) is 64.0 Å². The van der Waals surface area contributed by atoms with Crippen molar-refractivity contribution in [2.45, 2.75) is 56.7 Å². The molecule has 3 saturated heterocycles. The Morgan fingerprint density at radius 3 is 2.30 bits per heavy atom. The molecule has 1 aliphatic carbocycles. The molecule has 0 radical (unpaired) electrons. The van der Waals surface area contributed by atoms with Crippen LogP contribution in [0.5, 0.6) is 0 Å². The molecule has 4 aliphatic rings. The van der Waals surface area contributed by atoms with Crippen LogP contribution in [0.1, 0.15) is 45.1 Å². The predicted molar refractivity (Wildman–Crippen MR) is 131 cm³/mol. The van der Waals surface area contributed by atoms with Crippen LogP contribution in [-0.4, -0.2) is 77.1 Å². The van der Waals surface area contributed by atoms with E-state index < -0.39 is 12.1 Å². The Morgan fingerprint density at radius 1 is 1.16 bits per heavy atom. The van der Waals surface area contributed by atoms with Gasteiger partial charge >= 0.3 is 12.1 Å². The molecule has 1 spiro atoms. The first-order chi connectivity index (χ1) is 17.3. The summed E-state index contributed by atoms with van der Waals surface area (Å²) in [6.45, 7) is 8.88. The van der Waals surface area contributed by atoms with Gasteiger partial charge in [0.15, 0.2) is 0 Å². The second-order valence-corrected chi connectivity index (χ2v) is 11.6. The van der Waals surface area contributed by atoms with Crippen molar-refractivity contribution in [2.75, 3.05) is 32.7 Å². The Labute approximate surface area is 219 Å². The second-order valence-electron chi connectivity index (χ2n) is 11.2. The zero-order valence-electron chi connectivity index (χ0n) is 21.0. The monoisotopic (exact) mass is 543 g/mol. The van der Waals surface area contributed by atoms with Gasteiger partial charge in [-0.2, -0.15) is 13.2 Å². The second kappa shape index (κ2) is 10.1. The fourth-order valence-corrected chi connectivity index (χ4v) is 6.44. The highest BCUT2D eigenvalue weighted by molar-refractivity contribution is 6.30. The molecule has 1 saturated carbocycles. The molecule has 5 rings (SSSR count). The van der Waals surface area contributed by atoms with Gasteiger partial charge in [-0.25, -0.2) is 4.79 Å². The molecule has 2 amide bonds. The summed E-state index contributed by atoms with van der Waals surface area (Å²) >= 11 is 6.19. The first-order valence-electron chi connectivity index (χ1n) is 12.7. The summed E-state index contributed by atoms with van der Waals surface area (Å²) in [6.07, 6.45) is -1.54. The number of carboxylic acids is 1. The van der Waals surface area contributed by atoms with E-state index in [4.69, 9.17) is 21.5 Å². The largest absolute Gasteiger partial charge is 0.490 e. The number of fused-ring (bicyclic) bond motifs is 2. The van der Waals surface area contributed by atoms with Crippen molar-refractivity contribution in [1.82, 2.24) is 15.1 Å². The van der Waals surface area contributed by atoms with Gasteiger partial charge in [0.2, 0.25) is 11.8 Å². The van der Waals surface area contributed by atoms with E-state index in [1.54, 1.807) is 0 Å². The Hall–Kier alpha value is -2.33. The number of piperidine rings is 1. The molecule has 1 aromatic carbocycles. The van der Waals surface area contributed by atoms with Crippen LogP contribution in [0.25, 0.3) is 0 Å². The number of hydrogen-bond acceptors (Lipinski definition) is 4. The topological polar surface area (TPSA) is 90.0 Å². The maximum Gasteiger partial charge on any atom is 0.490 e. The highest BCUT2D eigenvalue weighted by Crippen LogP contribution is 2.51. The SMILES string of the molecule is CC(C)CN1C[C@H]2C(=O)NC3(CCN(C(=O)C4(c5cccc(Cl)c5)CC4)CC3)[C@H]2C1.O=C(O)C(F)(F)F. The van der Waals surface area contributed by atoms with Gasteiger partial charge in [-0.05, 0) is 49.3 Å². The number of carboxylic acid groups (broad SMARTS) is 1. The smallest absolute Gasteiger partial charge is 0.475 e. The molecule has 1 aromatic rings. The Bertz CT molecular complexity index is 1050. The number of carbonyl (C=O) groups excluding carboxylic acids is 2. The van der Waals surface area contributed by atoms with Crippen LogP contribution in [0.2, 0.25) is 5.02 Å². The summed E-state index contributed by atoms with van der Waals surface area (Å²) in [5.74, 6) is -1.18. The number of amides is 2. The summed E-state index contributed by atoms with van der Waals surface area (Å²) in [5.41, 5.74) is 0.546. The van der Waals surface area contributed by atoms with E-state index >= 15 is 0 Å². The van der Waals surface area contributed by atoms with Gasteiger partial charge in [-0.15, -0.1) is 0 Å². The molecule has 3 aliphatic heterocycles. The molecule has 37 heavy (non-hydrogen) atoms. The van der Waals surface area contributed by atoms with Crippen molar-refractivity contribution in [1.29, 1.82) is 0 Å². The molecule has 2 N–H and O–H groups in total. The molecule has 7 nitrogen and oxygen atoms in total. The normalized spacial score (nSPS) is 25.9. The molecule has 0 bridgehead atoms. The first-order valence-corrected chi connectivity index (χ1v) is 13.1. The third-order valence-corrected chi connectivity index (χ3v) is 8.39. The van der Waals surface area contributed by atoms with Crippen LogP contribution in [0.15, 0.2) is 24.3 Å². The van der Waals surface area contributed by atoms with Crippen molar-refractivity contribution >= 4 is 29.4 Å². The number of alkyl halides is 3. The standard InChI is InChI=1S/C24H32ClN3O2.C2HF3O2/c1-16(2)13-27-14-19-20(15-27)24(26-21(19)29)8-10-28(11-9-24)22(30)23(6-7-23)17-4-3-5-18(25)12-17;3-2(4,5)1(6)7/h3-5,12,16,19-20H,6-11,13-15H2,1-2H3,(H,26,29);(H,6,7)/t19-,20+;/m1./s1. The highest BCUT2D eigenvalue weighted by Gasteiger charge is 2.59. The van der Waals surface area contributed by atoms with Gasteiger partial charge in [-0.3, -0.25) is 9.59 Å². The van der Waals surface area contributed by atoms with Crippen molar-refractivity contribution in [3.8, 4) is 0 Å².